The summed E-state index contributed by atoms with van der Waals surface area (Å²) in [5.41, 5.74) is 2.11. The zero-order chi connectivity index (χ0) is 10.6. The summed E-state index contributed by atoms with van der Waals surface area (Å²) in [6.07, 6.45) is 0. The third-order valence-electron chi connectivity index (χ3n) is 1.79. The van der Waals surface area contributed by atoms with Crippen LogP contribution < -0.4 is 5.23 Å². The first-order chi connectivity index (χ1) is 6.65. The van der Waals surface area contributed by atoms with Crippen molar-refractivity contribution in [1.82, 2.24) is 0 Å². The van der Waals surface area contributed by atoms with Crippen LogP contribution in [0.2, 0.25) is 6.82 Å². The summed E-state index contributed by atoms with van der Waals surface area (Å²) in [7, 11) is -0.657. The summed E-state index contributed by atoms with van der Waals surface area (Å²) >= 11 is 0. The second-order valence-corrected chi connectivity index (χ2v) is 3.17. The first-order valence-corrected chi connectivity index (χ1v) is 4.45. The van der Waals surface area contributed by atoms with Gasteiger partial charge in [0.05, 0.1) is 13.2 Å². The van der Waals surface area contributed by atoms with Crippen molar-refractivity contribution in [3.63, 3.8) is 0 Å². The van der Waals surface area contributed by atoms with Crippen molar-refractivity contribution >= 4 is 12.7 Å². The largest absolute Gasteiger partial charge is 0.433 e. The molecule has 0 bridgehead atoms. The van der Waals surface area contributed by atoms with E-state index in [9.17, 15) is 0 Å². The average Bonchev–Trinajstić information content (AvgIpc) is 2.16. The number of anilines is 1. The van der Waals surface area contributed by atoms with Crippen LogP contribution in [0.25, 0.3) is 0 Å². The van der Waals surface area contributed by atoms with E-state index in [1.165, 1.54) is 0 Å². The van der Waals surface area contributed by atoms with Gasteiger partial charge in [0.2, 0.25) is 0 Å². The van der Waals surface area contributed by atoms with Gasteiger partial charge in [0, 0.05) is 5.69 Å². The van der Waals surface area contributed by atoms with Crippen LogP contribution in [0.15, 0.2) is 18.2 Å². The molecule has 5 heteroatoms. The smallest absolute Gasteiger partial charge is 0.406 e. The second-order valence-electron chi connectivity index (χ2n) is 3.17. The predicted molar refractivity (Wildman–Crippen MR) is 55.7 cm³/mol. The number of aliphatic hydroxyl groups is 2. The van der Waals surface area contributed by atoms with Gasteiger partial charge in [-0.3, -0.25) is 0 Å². The van der Waals surface area contributed by atoms with Crippen LogP contribution in [0.5, 0.6) is 0 Å². The highest BCUT2D eigenvalue weighted by molar-refractivity contribution is 6.52. The molecule has 0 heterocycles. The summed E-state index contributed by atoms with van der Waals surface area (Å²) in [4.78, 5) is 0. The number of aliphatic hydroxyl groups excluding tert-OH is 2. The highest BCUT2D eigenvalue weighted by atomic mass is 16.3. The lowest BCUT2D eigenvalue weighted by Crippen LogP contribution is -2.19. The lowest BCUT2D eigenvalue weighted by molar-refractivity contribution is 0.275. The minimum Gasteiger partial charge on any atom is -0.433 e. The van der Waals surface area contributed by atoms with E-state index in [4.69, 9.17) is 15.2 Å². The molecule has 0 fully saturated rings. The van der Waals surface area contributed by atoms with E-state index in [0.29, 0.717) is 16.8 Å². The molecule has 14 heavy (non-hydrogen) atoms. The minimum atomic E-state index is -0.657. The summed E-state index contributed by atoms with van der Waals surface area (Å²) in [6.45, 7) is 1.44. The molecule has 0 amide bonds. The standard InChI is InChI=1S/C9H14BNO3/c1-10(14)11-9-3-7(5-12)2-8(4-9)6-13/h2-4,11-14H,5-6H2,1H3. The molecule has 1 aromatic rings. The number of hydrogen-bond donors (Lipinski definition) is 4. The molecule has 76 valence electrons. The summed E-state index contributed by atoms with van der Waals surface area (Å²) in [5.74, 6) is 0. The Hall–Kier alpha value is -1.04. The van der Waals surface area contributed by atoms with Crippen LogP contribution in [-0.2, 0) is 13.2 Å². The van der Waals surface area contributed by atoms with Gasteiger partial charge in [0.15, 0.2) is 0 Å². The second kappa shape index (κ2) is 5.00. The average molecular weight is 195 g/mol. The van der Waals surface area contributed by atoms with E-state index in [0.717, 1.165) is 0 Å². The molecule has 4 N–H and O–H groups in total. The Kier molecular flexibility index (Phi) is 3.94. The van der Waals surface area contributed by atoms with Crippen LogP contribution in [0.4, 0.5) is 5.69 Å². The highest BCUT2D eigenvalue weighted by Crippen LogP contribution is 2.15. The van der Waals surface area contributed by atoms with E-state index in [1.54, 1.807) is 25.0 Å². The zero-order valence-corrected chi connectivity index (χ0v) is 8.07. The number of nitrogens with one attached hydrogen (secondary N) is 1. The van der Waals surface area contributed by atoms with Gasteiger partial charge in [-0.05, 0) is 30.1 Å². The van der Waals surface area contributed by atoms with Crippen LogP contribution in [0.1, 0.15) is 11.1 Å². The van der Waals surface area contributed by atoms with Gasteiger partial charge in [-0.2, -0.15) is 0 Å². The van der Waals surface area contributed by atoms with Gasteiger partial charge in [-0.15, -0.1) is 0 Å². The quantitative estimate of drug-likeness (QED) is 0.517. The molecule has 0 saturated carbocycles. The molecule has 0 radical (unpaired) electrons. The molecule has 0 saturated heterocycles. The van der Waals surface area contributed by atoms with Crippen molar-refractivity contribution < 1.29 is 15.2 Å². The number of hydrogen-bond acceptors (Lipinski definition) is 4. The fourth-order valence-electron chi connectivity index (χ4n) is 1.27. The summed E-state index contributed by atoms with van der Waals surface area (Å²) in [6, 6.07) is 5.17. The van der Waals surface area contributed by atoms with E-state index in [2.05, 4.69) is 5.23 Å². The SMILES string of the molecule is CB(O)Nc1cc(CO)cc(CO)c1. The minimum absolute atomic E-state index is 0.0810. The Morgan fingerprint density at radius 2 is 1.64 bits per heavy atom. The third kappa shape index (κ3) is 3.03. The van der Waals surface area contributed by atoms with Crippen molar-refractivity contribution in [2.45, 2.75) is 20.0 Å². The Bertz CT molecular complexity index is 282. The molecular formula is C9H14BNO3. The van der Waals surface area contributed by atoms with Gasteiger partial charge < -0.3 is 20.5 Å². The Morgan fingerprint density at radius 1 is 1.14 bits per heavy atom. The summed E-state index contributed by atoms with van der Waals surface area (Å²) in [5, 5.41) is 29.8. The maximum Gasteiger partial charge on any atom is 0.406 e. The number of rotatable bonds is 4. The highest BCUT2D eigenvalue weighted by Gasteiger charge is 2.05. The molecule has 4 nitrogen and oxygen atoms in total. The zero-order valence-electron chi connectivity index (χ0n) is 8.07. The Balaban J connectivity index is 2.92. The van der Waals surface area contributed by atoms with Crippen molar-refractivity contribution in [3.05, 3.63) is 29.3 Å². The van der Waals surface area contributed by atoms with Crippen molar-refractivity contribution in [1.29, 1.82) is 0 Å². The Morgan fingerprint density at radius 3 is 2.00 bits per heavy atom. The lowest BCUT2D eigenvalue weighted by Gasteiger charge is -2.09. The lowest BCUT2D eigenvalue weighted by atomic mass is 9.88. The fraction of sp³-hybridized carbons (Fsp3) is 0.333. The van der Waals surface area contributed by atoms with Crippen LogP contribution in [-0.4, -0.2) is 22.3 Å². The monoisotopic (exact) mass is 195 g/mol. The predicted octanol–water partition coefficient (Wildman–Crippen LogP) is 0.193. The molecule has 1 rings (SSSR count). The van der Waals surface area contributed by atoms with Crippen LogP contribution in [0, 0.1) is 0 Å². The van der Waals surface area contributed by atoms with E-state index < -0.39 is 7.05 Å². The van der Waals surface area contributed by atoms with Gasteiger partial charge in [-0.1, -0.05) is 6.07 Å². The molecule has 1 aromatic carbocycles. The van der Waals surface area contributed by atoms with Gasteiger partial charge in [-0.25, -0.2) is 0 Å². The summed E-state index contributed by atoms with van der Waals surface area (Å²) < 4.78 is 0. The third-order valence-corrected chi connectivity index (χ3v) is 1.79. The molecule has 0 aliphatic heterocycles. The topological polar surface area (TPSA) is 72.7 Å². The van der Waals surface area contributed by atoms with Gasteiger partial charge in [0.25, 0.3) is 0 Å². The van der Waals surface area contributed by atoms with E-state index in [1.807, 2.05) is 0 Å². The van der Waals surface area contributed by atoms with Crippen molar-refractivity contribution in [3.8, 4) is 0 Å². The maximum absolute atomic E-state index is 9.10. The van der Waals surface area contributed by atoms with Gasteiger partial charge >= 0.3 is 7.05 Å². The Labute approximate surface area is 83.3 Å². The van der Waals surface area contributed by atoms with E-state index >= 15 is 0 Å². The molecular weight excluding hydrogens is 181 g/mol. The molecule has 0 aliphatic carbocycles. The fourth-order valence-corrected chi connectivity index (χ4v) is 1.27. The molecule has 0 unspecified atom stereocenters. The van der Waals surface area contributed by atoms with Crippen molar-refractivity contribution in [2.75, 3.05) is 5.23 Å². The molecule has 0 aromatic heterocycles. The first kappa shape index (κ1) is 11.0. The molecule has 0 spiro atoms. The normalized spacial score (nSPS) is 10.0. The van der Waals surface area contributed by atoms with Crippen LogP contribution in [0.3, 0.4) is 0 Å². The molecule has 0 atom stereocenters. The van der Waals surface area contributed by atoms with Crippen LogP contribution >= 0.6 is 0 Å². The maximum atomic E-state index is 9.10. The van der Waals surface area contributed by atoms with Crippen molar-refractivity contribution in [2.24, 2.45) is 0 Å². The number of benzene rings is 1. The molecule has 0 aliphatic rings. The van der Waals surface area contributed by atoms with E-state index in [-0.39, 0.29) is 13.2 Å². The first-order valence-electron chi connectivity index (χ1n) is 4.45. The van der Waals surface area contributed by atoms with Gasteiger partial charge in [0.1, 0.15) is 0 Å².